The highest BCUT2D eigenvalue weighted by molar-refractivity contribution is 6.37. The van der Waals surface area contributed by atoms with Gasteiger partial charge in [0, 0.05) is 17.9 Å². The van der Waals surface area contributed by atoms with Crippen LogP contribution in [0, 0.1) is 5.41 Å². The van der Waals surface area contributed by atoms with Gasteiger partial charge in [0.1, 0.15) is 6.10 Å². The van der Waals surface area contributed by atoms with Gasteiger partial charge in [0.2, 0.25) is 0 Å². The lowest BCUT2D eigenvalue weighted by atomic mass is 9.60. The van der Waals surface area contributed by atoms with Crippen LogP contribution in [0.1, 0.15) is 32.1 Å². The van der Waals surface area contributed by atoms with E-state index in [0.29, 0.717) is 21.8 Å². The highest BCUT2D eigenvalue weighted by Crippen LogP contribution is 2.55. The maximum Gasteiger partial charge on any atom is 0.156 e. The number of nitrogens with one attached hydrogen (secondary N) is 1. The third-order valence-electron chi connectivity index (χ3n) is 4.85. The van der Waals surface area contributed by atoms with E-state index in [1.165, 1.54) is 25.7 Å². The lowest BCUT2D eigenvalue weighted by Crippen LogP contribution is -2.63. The zero-order valence-corrected chi connectivity index (χ0v) is 12.6. The second-order valence-electron chi connectivity index (χ2n) is 5.67. The Morgan fingerprint density at radius 2 is 1.84 bits per heavy atom. The molecule has 2 unspecified atom stereocenters. The number of hydrogen-bond donors (Lipinski definition) is 1. The van der Waals surface area contributed by atoms with Crippen LogP contribution in [-0.2, 0) is 0 Å². The minimum absolute atomic E-state index is 0.241. The Morgan fingerprint density at radius 1 is 1.21 bits per heavy atom. The topological polar surface area (TPSA) is 21.3 Å². The molecule has 0 saturated heterocycles. The third-order valence-corrected chi connectivity index (χ3v) is 5.44. The smallest absolute Gasteiger partial charge is 0.156 e. The highest BCUT2D eigenvalue weighted by atomic mass is 35.5. The zero-order valence-electron chi connectivity index (χ0n) is 11.1. The van der Waals surface area contributed by atoms with Gasteiger partial charge in [-0.15, -0.1) is 0 Å². The number of benzene rings is 1. The zero-order chi connectivity index (χ0) is 13.5. The minimum Gasteiger partial charge on any atom is -0.487 e. The van der Waals surface area contributed by atoms with Crippen molar-refractivity contribution < 1.29 is 4.74 Å². The van der Waals surface area contributed by atoms with E-state index < -0.39 is 0 Å². The molecule has 104 valence electrons. The van der Waals surface area contributed by atoms with Crippen LogP contribution in [0.25, 0.3) is 0 Å². The molecule has 0 aromatic heterocycles. The van der Waals surface area contributed by atoms with Gasteiger partial charge < -0.3 is 10.1 Å². The molecule has 2 aliphatic carbocycles. The Morgan fingerprint density at radius 3 is 2.42 bits per heavy atom. The molecule has 0 amide bonds. The van der Waals surface area contributed by atoms with Gasteiger partial charge in [-0.2, -0.15) is 0 Å². The van der Waals surface area contributed by atoms with E-state index in [1.54, 1.807) is 0 Å². The molecule has 2 nitrogen and oxygen atoms in total. The number of halogens is 2. The van der Waals surface area contributed by atoms with Crippen molar-refractivity contribution in [2.24, 2.45) is 5.41 Å². The molecule has 2 saturated carbocycles. The summed E-state index contributed by atoms with van der Waals surface area (Å²) in [4.78, 5) is 0. The first-order valence-corrected chi connectivity index (χ1v) is 7.71. The van der Waals surface area contributed by atoms with E-state index in [-0.39, 0.29) is 11.5 Å². The van der Waals surface area contributed by atoms with Crippen LogP contribution in [-0.4, -0.2) is 19.2 Å². The first-order chi connectivity index (χ1) is 9.17. The predicted molar refractivity (Wildman–Crippen MR) is 79.2 cm³/mol. The Kier molecular flexibility index (Phi) is 3.67. The van der Waals surface area contributed by atoms with Crippen molar-refractivity contribution in [1.29, 1.82) is 0 Å². The molecule has 2 atom stereocenters. The van der Waals surface area contributed by atoms with Crippen LogP contribution in [0.2, 0.25) is 10.0 Å². The molecular weight excluding hydrogens is 281 g/mol. The SMILES string of the molecule is CNC1CC(Oc2c(Cl)cccc2Cl)C12CCCC2. The summed E-state index contributed by atoms with van der Waals surface area (Å²) >= 11 is 12.4. The van der Waals surface area contributed by atoms with Crippen LogP contribution in [0.4, 0.5) is 0 Å². The summed E-state index contributed by atoms with van der Waals surface area (Å²) in [6.45, 7) is 0. The fourth-order valence-electron chi connectivity index (χ4n) is 3.76. The van der Waals surface area contributed by atoms with E-state index in [0.717, 1.165) is 6.42 Å². The summed E-state index contributed by atoms with van der Waals surface area (Å²) in [6, 6.07) is 6.08. The number of hydrogen-bond acceptors (Lipinski definition) is 2. The monoisotopic (exact) mass is 299 g/mol. The van der Waals surface area contributed by atoms with Crippen LogP contribution < -0.4 is 10.1 Å². The van der Waals surface area contributed by atoms with E-state index >= 15 is 0 Å². The van der Waals surface area contributed by atoms with Crippen molar-refractivity contribution in [1.82, 2.24) is 5.32 Å². The van der Waals surface area contributed by atoms with Crippen molar-refractivity contribution in [2.45, 2.75) is 44.2 Å². The van der Waals surface area contributed by atoms with Gasteiger partial charge >= 0.3 is 0 Å². The lowest BCUT2D eigenvalue weighted by molar-refractivity contribution is -0.0735. The Balaban J connectivity index is 1.81. The van der Waals surface area contributed by atoms with Crippen molar-refractivity contribution in [3.63, 3.8) is 0 Å². The van der Waals surface area contributed by atoms with Gasteiger partial charge in [-0.1, -0.05) is 42.1 Å². The summed E-state index contributed by atoms with van der Waals surface area (Å²) in [6.07, 6.45) is 6.36. The van der Waals surface area contributed by atoms with Gasteiger partial charge in [0.25, 0.3) is 0 Å². The molecule has 3 rings (SSSR count). The second-order valence-corrected chi connectivity index (χ2v) is 6.49. The van der Waals surface area contributed by atoms with Gasteiger partial charge in [0.15, 0.2) is 5.75 Å². The van der Waals surface area contributed by atoms with E-state index in [4.69, 9.17) is 27.9 Å². The fourth-order valence-corrected chi connectivity index (χ4v) is 4.25. The normalized spacial score (nSPS) is 28.4. The van der Waals surface area contributed by atoms with Gasteiger partial charge in [-0.3, -0.25) is 0 Å². The Labute approximate surface area is 124 Å². The standard InChI is InChI=1S/C15H19Cl2NO/c1-18-12-9-13(15(12)7-2-3-8-15)19-14-10(16)5-4-6-11(14)17/h4-6,12-13,18H,2-3,7-9H2,1H3. The molecule has 2 aliphatic rings. The largest absolute Gasteiger partial charge is 0.487 e. The molecule has 0 radical (unpaired) electrons. The molecular formula is C15H19Cl2NO. The second kappa shape index (κ2) is 5.16. The van der Waals surface area contributed by atoms with E-state index in [1.807, 2.05) is 25.2 Å². The molecule has 1 N–H and O–H groups in total. The van der Waals surface area contributed by atoms with Crippen molar-refractivity contribution in [3.8, 4) is 5.75 Å². The van der Waals surface area contributed by atoms with E-state index in [9.17, 15) is 0 Å². The third kappa shape index (κ3) is 2.14. The molecule has 1 spiro atoms. The summed E-state index contributed by atoms with van der Waals surface area (Å²) in [5, 5.41) is 4.64. The molecule has 1 aromatic carbocycles. The summed E-state index contributed by atoms with van der Waals surface area (Å²) < 4.78 is 6.18. The van der Waals surface area contributed by atoms with E-state index in [2.05, 4.69) is 5.32 Å². The molecule has 4 heteroatoms. The Hall–Kier alpha value is -0.440. The molecule has 0 heterocycles. The molecule has 2 fully saturated rings. The summed E-state index contributed by atoms with van der Waals surface area (Å²) in [5.74, 6) is 0.650. The van der Waals surface area contributed by atoms with Gasteiger partial charge in [0.05, 0.1) is 10.0 Å². The number of rotatable bonds is 3. The fraction of sp³-hybridized carbons (Fsp3) is 0.600. The highest BCUT2D eigenvalue weighted by Gasteiger charge is 2.57. The van der Waals surface area contributed by atoms with Crippen molar-refractivity contribution >= 4 is 23.2 Å². The maximum atomic E-state index is 6.19. The first-order valence-electron chi connectivity index (χ1n) is 6.95. The maximum absolute atomic E-state index is 6.19. The molecule has 0 aliphatic heterocycles. The van der Waals surface area contributed by atoms with Crippen LogP contribution in [0.3, 0.4) is 0 Å². The molecule has 0 bridgehead atoms. The van der Waals surface area contributed by atoms with Crippen molar-refractivity contribution in [2.75, 3.05) is 7.05 Å². The Bertz CT molecular complexity index is 451. The van der Waals surface area contributed by atoms with Gasteiger partial charge in [-0.05, 0) is 32.0 Å². The number of para-hydroxylation sites is 1. The summed E-state index contributed by atoms with van der Waals surface area (Å²) in [7, 11) is 2.05. The predicted octanol–water partition coefficient (Wildman–Crippen LogP) is 4.29. The molecule has 1 aromatic rings. The lowest BCUT2D eigenvalue weighted by Gasteiger charge is -2.53. The quantitative estimate of drug-likeness (QED) is 0.899. The van der Waals surface area contributed by atoms with Crippen LogP contribution >= 0.6 is 23.2 Å². The van der Waals surface area contributed by atoms with Gasteiger partial charge in [-0.25, -0.2) is 0 Å². The average Bonchev–Trinajstić information content (AvgIpc) is 2.89. The first kappa shape index (κ1) is 13.5. The van der Waals surface area contributed by atoms with Crippen molar-refractivity contribution in [3.05, 3.63) is 28.2 Å². The van der Waals surface area contributed by atoms with Crippen LogP contribution in [0.5, 0.6) is 5.75 Å². The average molecular weight is 300 g/mol. The van der Waals surface area contributed by atoms with Crippen LogP contribution in [0.15, 0.2) is 18.2 Å². The molecule has 19 heavy (non-hydrogen) atoms. The number of ether oxygens (including phenoxy) is 1. The minimum atomic E-state index is 0.241. The summed E-state index contributed by atoms with van der Waals surface area (Å²) in [5.41, 5.74) is 0.289.